The molecular formula is C25H30N2O4. The topological polar surface area (TPSA) is 60.0 Å². The number of nitrogens with one attached hydrogen (secondary N) is 1. The SMILES string of the molecule is CCN(CC)C(=O)c1ccc(C2=CC3(CCNC3)Oc3cccc(OCOC)c32)cc1. The molecule has 164 valence electrons. The molecule has 6 heteroatoms. The van der Waals surface area contributed by atoms with Gasteiger partial charge in [-0.05, 0) is 61.9 Å². The van der Waals surface area contributed by atoms with Crippen LogP contribution in [0.4, 0.5) is 0 Å². The summed E-state index contributed by atoms with van der Waals surface area (Å²) in [6.07, 6.45) is 3.10. The first-order chi connectivity index (χ1) is 15.1. The zero-order valence-electron chi connectivity index (χ0n) is 18.4. The summed E-state index contributed by atoms with van der Waals surface area (Å²) in [6, 6.07) is 13.7. The van der Waals surface area contributed by atoms with Gasteiger partial charge in [-0.3, -0.25) is 4.79 Å². The van der Waals surface area contributed by atoms with Crippen molar-refractivity contribution in [3.8, 4) is 11.5 Å². The molecule has 1 saturated heterocycles. The van der Waals surface area contributed by atoms with Gasteiger partial charge >= 0.3 is 0 Å². The van der Waals surface area contributed by atoms with Crippen molar-refractivity contribution >= 4 is 11.5 Å². The van der Waals surface area contributed by atoms with Crippen molar-refractivity contribution in [2.75, 3.05) is 40.1 Å². The van der Waals surface area contributed by atoms with Crippen LogP contribution in [-0.4, -0.2) is 56.5 Å². The first-order valence-corrected chi connectivity index (χ1v) is 10.9. The monoisotopic (exact) mass is 422 g/mol. The summed E-state index contributed by atoms with van der Waals surface area (Å²) in [5.41, 5.74) is 3.32. The Labute approximate surface area is 183 Å². The van der Waals surface area contributed by atoms with Crippen LogP contribution < -0.4 is 14.8 Å². The van der Waals surface area contributed by atoms with E-state index in [-0.39, 0.29) is 18.3 Å². The number of methoxy groups -OCH3 is 1. The minimum absolute atomic E-state index is 0.0542. The number of amides is 1. The number of rotatable bonds is 7. The van der Waals surface area contributed by atoms with Gasteiger partial charge in [-0.2, -0.15) is 0 Å². The van der Waals surface area contributed by atoms with Crippen LogP contribution >= 0.6 is 0 Å². The van der Waals surface area contributed by atoms with Crippen LogP contribution in [0.2, 0.25) is 0 Å². The second-order valence-corrected chi connectivity index (χ2v) is 7.89. The summed E-state index contributed by atoms with van der Waals surface area (Å²) in [4.78, 5) is 14.5. The minimum atomic E-state index is -0.377. The third kappa shape index (κ3) is 4.18. The van der Waals surface area contributed by atoms with E-state index in [0.29, 0.717) is 18.7 Å². The fourth-order valence-corrected chi connectivity index (χ4v) is 4.30. The average Bonchev–Trinajstić information content (AvgIpc) is 3.25. The van der Waals surface area contributed by atoms with Gasteiger partial charge in [-0.1, -0.05) is 18.2 Å². The third-order valence-electron chi connectivity index (χ3n) is 5.95. The predicted octanol–water partition coefficient (Wildman–Crippen LogP) is 3.71. The van der Waals surface area contributed by atoms with Crippen LogP contribution in [0, 0.1) is 0 Å². The summed E-state index contributed by atoms with van der Waals surface area (Å²) in [7, 11) is 1.60. The highest BCUT2D eigenvalue weighted by Crippen LogP contribution is 2.45. The maximum atomic E-state index is 12.7. The van der Waals surface area contributed by atoms with Gasteiger partial charge in [0.1, 0.15) is 17.1 Å². The Morgan fingerprint density at radius 3 is 2.58 bits per heavy atom. The molecule has 2 aromatic carbocycles. The maximum absolute atomic E-state index is 12.7. The lowest BCUT2D eigenvalue weighted by molar-refractivity contribution is 0.0502. The highest BCUT2D eigenvalue weighted by Gasteiger charge is 2.39. The molecule has 2 aliphatic heterocycles. The number of carbonyl (C=O) groups is 1. The molecule has 2 aromatic rings. The van der Waals surface area contributed by atoms with Crippen molar-refractivity contribution in [1.29, 1.82) is 0 Å². The summed E-state index contributed by atoms with van der Waals surface area (Å²) >= 11 is 0. The lowest BCUT2D eigenvalue weighted by Crippen LogP contribution is -2.38. The molecule has 0 aliphatic carbocycles. The summed E-state index contributed by atoms with van der Waals surface area (Å²) in [5.74, 6) is 1.58. The molecule has 2 heterocycles. The minimum Gasteiger partial charge on any atom is -0.481 e. The maximum Gasteiger partial charge on any atom is 0.253 e. The van der Waals surface area contributed by atoms with Crippen molar-refractivity contribution in [3.63, 3.8) is 0 Å². The molecule has 6 nitrogen and oxygen atoms in total. The molecule has 1 N–H and O–H groups in total. The number of ether oxygens (including phenoxy) is 3. The lowest BCUT2D eigenvalue weighted by atomic mass is 9.87. The molecule has 1 atom stereocenters. The van der Waals surface area contributed by atoms with Crippen molar-refractivity contribution in [1.82, 2.24) is 10.2 Å². The largest absolute Gasteiger partial charge is 0.481 e. The number of carbonyl (C=O) groups excluding carboxylic acids is 1. The van der Waals surface area contributed by atoms with Gasteiger partial charge < -0.3 is 24.4 Å². The zero-order valence-corrected chi connectivity index (χ0v) is 18.4. The quantitative estimate of drug-likeness (QED) is 0.690. The van der Waals surface area contributed by atoms with Gasteiger partial charge in [0.15, 0.2) is 6.79 Å². The molecule has 4 rings (SSSR count). The molecule has 1 amide bonds. The molecule has 2 aliphatic rings. The predicted molar refractivity (Wildman–Crippen MR) is 121 cm³/mol. The lowest BCUT2D eigenvalue weighted by Gasteiger charge is -2.34. The standard InChI is InChI=1S/C25H30N2O4/c1-4-27(5-2)24(28)19-11-9-18(10-12-19)20-15-25(13-14-26-16-25)31-22-8-6-7-21(23(20)22)30-17-29-3/h6-12,15,26H,4-5,13-14,16-17H2,1-3H3. The van der Waals surface area contributed by atoms with Crippen molar-refractivity contribution in [3.05, 3.63) is 65.2 Å². The number of hydrogen-bond donors (Lipinski definition) is 1. The highest BCUT2D eigenvalue weighted by atomic mass is 16.7. The Kier molecular flexibility index (Phi) is 6.30. The fraction of sp³-hybridized carbons (Fsp3) is 0.400. The number of hydrogen-bond acceptors (Lipinski definition) is 5. The smallest absolute Gasteiger partial charge is 0.253 e. The summed E-state index contributed by atoms with van der Waals surface area (Å²) < 4.78 is 17.4. The Bertz CT molecular complexity index is 958. The van der Waals surface area contributed by atoms with E-state index in [9.17, 15) is 4.79 Å². The van der Waals surface area contributed by atoms with Crippen molar-refractivity contribution < 1.29 is 19.0 Å². The van der Waals surface area contributed by atoms with Crippen LogP contribution in [0.3, 0.4) is 0 Å². The Balaban J connectivity index is 1.75. The molecular weight excluding hydrogens is 392 g/mol. The average molecular weight is 423 g/mol. The molecule has 0 bridgehead atoms. The molecule has 0 radical (unpaired) electrons. The number of nitrogens with zero attached hydrogens (tertiary/aromatic N) is 1. The Hall–Kier alpha value is -2.83. The van der Waals surface area contributed by atoms with Crippen molar-refractivity contribution in [2.24, 2.45) is 0 Å². The first kappa shape index (κ1) is 21.4. The number of benzene rings is 2. The Morgan fingerprint density at radius 1 is 1.16 bits per heavy atom. The van der Waals surface area contributed by atoms with Crippen LogP contribution in [0.25, 0.3) is 5.57 Å². The zero-order chi connectivity index (χ0) is 21.8. The van der Waals surface area contributed by atoms with Crippen LogP contribution in [0.1, 0.15) is 41.8 Å². The van der Waals surface area contributed by atoms with E-state index in [1.54, 1.807) is 7.11 Å². The van der Waals surface area contributed by atoms with E-state index < -0.39 is 0 Å². The van der Waals surface area contributed by atoms with Gasteiger partial charge in [0.25, 0.3) is 5.91 Å². The van der Waals surface area contributed by atoms with E-state index in [1.807, 2.05) is 61.2 Å². The van der Waals surface area contributed by atoms with E-state index in [4.69, 9.17) is 14.2 Å². The normalized spacial score (nSPS) is 19.5. The third-order valence-corrected chi connectivity index (χ3v) is 5.95. The number of fused-ring (bicyclic) bond motifs is 1. The van der Waals surface area contributed by atoms with Crippen LogP contribution in [0.15, 0.2) is 48.5 Å². The highest BCUT2D eigenvalue weighted by molar-refractivity contribution is 5.95. The van der Waals surface area contributed by atoms with Crippen molar-refractivity contribution in [2.45, 2.75) is 25.9 Å². The van der Waals surface area contributed by atoms with E-state index in [2.05, 4.69) is 11.4 Å². The first-order valence-electron chi connectivity index (χ1n) is 10.9. The second-order valence-electron chi connectivity index (χ2n) is 7.89. The van der Waals surface area contributed by atoms with Crippen LogP contribution in [0.5, 0.6) is 11.5 Å². The fourth-order valence-electron chi connectivity index (χ4n) is 4.30. The molecule has 31 heavy (non-hydrogen) atoms. The Morgan fingerprint density at radius 2 is 1.94 bits per heavy atom. The summed E-state index contributed by atoms with van der Waals surface area (Å²) in [5, 5.41) is 3.41. The van der Waals surface area contributed by atoms with Gasteiger partial charge in [0.2, 0.25) is 0 Å². The molecule has 1 fully saturated rings. The van der Waals surface area contributed by atoms with Crippen LogP contribution in [-0.2, 0) is 4.74 Å². The molecule has 0 aromatic heterocycles. The van der Waals surface area contributed by atoms with Gasteiger partial charge in [0.05, 0.1) is 5.56 Å². The second kappa shape index (κ2) is 9.12. The molecule has 1 unspecified atom stereocenters. The summed E-state index contributed by atoms with van der Waals surface area (Å²) in [6.45, 7) is 7.22. The van der Waals surface area contributed by atoms with Gasteiger partial charge in [-0.25, -0.2) is 0 Å². The van der Waals surface area contributed by atoms with E-state index >= 15 is 0 Å². The molecule has 0 saturated carbocycles. The van der Waals surface area contributed by atoms with E-state index in [1.165, 1.54) is 0 Å². The van der Waals surface area contributed by atoms with Gasteiger partial charge in [-0.15, -0.1) is 0 Å². The molecule has 1 spiro atoms. The van der Waals surface area contributed by atoms with Gasteiger partial charge in [0, 0.05) is 38.7 Å². The van der Waals surface area contributed by atoms with E-state index in [0.717, 1.165) is 47.7 Å².